The average Bonchev–Trinajstić information content (AvgIpc) is 2.59. The van der Waals surface area contributed by atoms with Crippen LogP contribution in [-0.2, 0) is 14.3 Å². The second-order valence-corrected chi connectivity index (χ2v) is 6.18. The molecule has 1 aromatic carbocycles. The summed E-state index contributed by atoms with van der Waals surface area (Å²) in [4.78, 5) is 24.3. The predicted molar refractivity (Wildman–Crippen MR) is 94.0 cm³/mol. The van der Waals surface area contributed by atoms with Gasteiger partial charge in [-0.3, -0.25) is 4.79 Å². The summed E-state index contributed by atoms with van der Waals surface area (Å²) in [6.07, 6.45) is 0.0962. The third kappa shape index (κ3) is 3.44. The Hall–Kier alpha value is -2.22. The van der Waals surface area contributed by atoms with E-state index in [-0.39, 0.29) is 12.3 Å². The highest BCUT2D eigenvalue weighted by atomic mass is 79.9. The molecule has 1 atom stereocenters. The van der Waals surface area contributed by atoms with Gasteiger partial charge in [-0.2, -0.15) is 0 Å². The van der Waals surface area contributed by atoms with Crippen molar-refractivity contribution < 1.29 is 28.5 Å². The Balaban J connectivity index is 2.72. The average molecular weight is 414 g/mol. The van der Waals surface area contributed by atoms with Crippen LogP contribution in [0.5, 0.6) is 17.2 Å². The lowest BCUT2D eigenvalue weighted by Gasteiger charge is -2.28. The quantitative estimate of drug-likeness (QED) is 0.746. The molecule has 1 heterocycles. The Bertz CT molecular complexity index is 743. The minimum atomic E-state index is -0.510. The highest BCUT2D eigenvalue weighted by Crippen LogP contribution is 2.49. The Labute approximate surface area is 154 Å². The Morgan fingerprint density at radius 2 is 1.80 bits per heavy atom. The van der Waals surface area contributed by atoms with E-state index in [4.69, 9.17) is 18.9 Å². The van der Waals surface area contributed by atoms with Gasteiger partial charge in [-0.15, -0.1) is 0 Å². The summed E-state index contributed by atoms with van der Waals surface area (Å²) < 4.78 is 21.6. The SMILES string of the molecule is COC(=O)C1=C(C)NC(=O)C[C@@H]1c1cc(OC)c(OC)c(OC)c1Br. The van der Waals surface area contributed by atoms with E-state index in [2.05, 4.69) is 21.2 Å². The number of hydrogen-bond acceptors (Lipinski definition) is 6. The Kier molecular flexibility index (Phi) is 5.94. The van der Waals surface area contributed by atoms with E-state index in [1.807, 2.05) is 0 Å². The summed E-state index contributed by atoms with van der Waals surface area (Å²) in [5.41, 5.74) is 1.52. The van der Waals surface area contributed by atoms with Crippen LogP contribution in [-0.4, -0.2) is 40.3 Å². The van der Waals surface area contributed by atoms with Gasteiger partial charge in [-0.25, -0.2) is 4.79 Å². The molecule has 1 amide bonds. The zero-order valence-corrected chi connectivity index (χ0v) is 16.3. The number of hydrogen-bond donors (Lipinski definition) is 1. The van der Waals surface area contributed by atoms with Crippen LogP contribution in [0.4, 0.5) is 0 Å². The van der Waals surface area contributed by atoms with Crippen molar-refractivity contribution in [1.82, 2.24) is 5.32 Å². The number of halogens is 1. The topological polar surface area (TPSA) is 83.1 Å². The highest BCUT2D eigenvalue weighted by Gasteiger charge is 2.35. The maximum atomic E-state index is 12.3. The maximum absolute atomic E-state index is 12.3. The van der Waals surface area contributed by atoms with Crippen molar-refractivity contribution >= 4 is 27.8 Å². The van der Waals surface area contributed by atoms with Gasteiger partial charge in [0, 0.05) is 18.0 Å². The molecule has 1 aromatic rings. The number of rotatable bonds is 5. The largest absolute Gasteiger partial charge is 0.493 e. The van der Waals surface area contributed by atoms with E-state index >= 15 is 0 Å². The Morgan fingerprint density at radius 1 is 1.16 bits per heavy atom. The zero-order valence-electron chi connectivity index (χ0n) is 14.7. The predicted octanol–water partition coefficient (Wildman–Crippen LogP) is 2.53. The molecular weight excluding hydrogens is 394 g/mol. The molecule has 1 aliphatic rings. The molecule has 1 N–H and O–H groups in total. The molecule has 0 unspecified atom stereocenters. The fourth-order valence-corrected chi connectivity index (χ4v) is 3.67. The van der Waals surface area contributed by atoms with E-state index in [1.165, 1.54) is 28.4 Å². The molecule has 0 radical (unpaired) electrons. The van der Waals surface area contributed by atoms with Crippen LogP contribution in [0.3, 0.4) is 0 Å². The fourth-order valence-electron chi connectivity index (χ4n) is 2.94. The maximum Gasteiger partial charge on any atom is 0.336 e. The molecule has 8 heteroatoms. The zero-order chi connectivity index (χ0) is 18.7. The number of ether oxygens (including phenoxy) is 4. The van der Waals surface area contributed by atoms with Crippen molar-refractivity contribution in [3.05, 3.63) is 27.4 Å². The van der Waals surface area contributed by atoms with Crippen molar-refractivity contribution in [1.29, 1.82) is 0 Å². The number of amides is 1. The second kappa shape index (κ2) is 7.77. The number of esters is 1. The van der Waals surface area contributed by atoms with E-state index in [0.29, 0.717) is 38.6 Å². The monoisotopic (exact) mass is 413 g/mol. The lowest BCUT2D eigenvalue weighted by Crippen LogP contribution is -2.34. The van der Waals surface area contributed by atoms with Gasteiger partial charge in [0.25, 0.3) is 0 Å². The van der Waals surface area contributed by atoms with Gasteiger partial charge in [-0.05, 0) is 34.5 Å². The van der Waals surface area contributed by atoms with Crippen LogP contribution in [0.2, 0.25) is 0 Å². The lowest BCUT2D eigenvalue weighted by molar-refractivity contribution is -0.136. The second-order valence-electron chi connectivity index (χ2n) is 5.38. The van der Waals surface area contributed by atoms with Gasteiger partial charge in [0.2, 0.25) is 11.7 Å². The third-order valence-corrected chi connectivity index (χ3v) is 4.87. The van der Waals surface area contributed by atoms with Crippen molar-refractivity contribution in [2.75, 3.05) is 28.4 Å². The van der Waals surface area contributed by atoms with Gasteiger partial charge in [-0.1, -0.05) is 0 Å². The first kappa shape index (κ1) is 19.1. The van der Waals surface area contributed by atoms with Gasteiger partial charge in [0.05, 0.1) is 38.5 Å². The molecule has 0 bridgehead atoms. The highest BCUT2D eigenvalue weighted by molar-refractivity contribution is 9.10. The van der Waals surface area contributed by atoms with Crippen LogP contribution in [0.25, 0.3) is 0 Å². The van der Waals surface area contributed by atoms with Gasteiger partial charge < -0.3 is 24.3 Å². The first-order valence-corrected chi connectivity index (χ1v) is 8.26. The third-order valence-electron chi connectivity index (χ3n) is 4.05. The Morgan fingerprint density at radius 3 is 2.32 bits per heavy atom. The number of allylic oxidation sites excluding steroid dienone is 1. The molecule has 0 saturated heterocycles. The molecule has 0 saturated carbocycles. The molecule has 1 aliphatic heterocycles. The van der Waals surface area contributed by atoms with Crippen LogP contribution in [0.1, 0.15) is 24.8 Å². The van der Waals surface area contributed by atoms with Crippen LogP contribution in [0, 0.1) is 0 Å². The lowest BCUT2D eigenvalue weighted by atomic mass is 9.84. The number of carbonyl (C=O) groups is 2. The minimum absolute atomic E-state index is 0.0962. The first-order valence-electron chi connectivity index (χ1n) is 7.46. The van der Waals surface area contributed by atoms with E-state index in [0.717, 1.165) is 0 Å². The van der Waals surface area contributed by atoms with Crippen molar-refractivity contribution in [2.45, 2.75) is 19.3 Å². The molecule has 0 aromatic heterocycles. The number of nitrogens with one attached hydrogen (secondary N) is 1. The fraction of sp³-hybridized carbons (Fsp3) is 0.412. The number of methoxy groups -OCH3 is 4. The molecule has 136 valence electrons. The smallest absolute Gasteiger partial charge is 0.336 e. The molecule has 0 aliphatic carbocycles. The van der Waals surface area contributed by atoms with Crippen molar-refractivity contribution in [3.8, 4) is 17.2 Å². The molecule has 0 fully saturated rings. The van der Waals surface area contributed by atoms with Crippen molar-refractivity contribution in [2.24, 2.45) is 0 Å². The molecular formula is C17H20BrNO6. The number of benzene rings is 1. The summed E-state index contributed by atoms with van der Waals surface area (Å²) in [5, 5.41) is 2.68. The summed E-state index contributed by atoms with van der Waals surface area (Å²) in [6, 6.07) is 1.73. The summed E-state index contributed by atoms with van der Waals surface area (Å²) >= 11 is 3.50. The van der Waals surface area contributed by atoms with E-state index in [9.17, 15) is 9.59 Å². The minimum Gasteiger partial charge on any atom is -0.493 e. The van der Waals surface area contributed by atoms with Gasteiger partial charge in [0.15, 0.2) is 11.5 Å². The number of carbonyl (C=O) groups excluding carboxylic acids is 2. The van der Waals surface area contributed by atoms with Gasteiger partial charge >= 0.3 is 5.97 Å². The normalized spacial score (nSPS) is 17.0. The van der Waals surface area contributed by atoms with E-state index < -0.39 is 11.9 Å². The van der Waals surface area contributed by atoms with Crippen LogP contribution >= 0.6 is 15.9 Å². The van der Waals surface area contributed by atoms with Crippen LogP contribution < -0.4 is 19.5 Å². The standard InChI is InChI=1S/C17H20BrNO6/c1-8-13(17(21)25-5)9(7-12(20)19-8)10-6-11(22-2)15(23-3)16(24-4)14(10)18/h6,9H,7H2,1-5H3,(H,19,20)/t9-/m1/s1. The molecule has 0 spiro atoms. The molecule has 7 nitrogen and oxygen atoms in total. The summed E-state index contributed by atoms with van der Waals surface area (Å²) in [5.74, 6) is 0.0829. The summed E-state index contributed by atoms with van der Waals surface area (Å²) in [6.45, 7) is 1.67. The van der Waals surface area contributed by atoms with Crippen molar-refractivity contribution in [3.63, 3.8) is 0 Å². The molecule has 25 heavy (non-hydrogen) atoms. The van der Waals surface area contributed by atoms with Crippen LogP contribution in [0.15, 0.2) is 21.8 Å². The van der Waals surface area contributed by atoms with Gasteiger partial charge in [0.1, 0.15) is 0 Å². The van der Waals surface area contributed by atoms with E-state index in [1.54, 1.807) is 13.0 Å². The summed E-state index contributed by atoms with van der Waals surface area (Å²) in [7, 11) is 5.82. The first-order chi connectivity index (χ1) is 11.9. The molecule has 2 rings (SSSR count).